The molecule has 0 spiro atoms. The van der Waals surface area contributed by atoms with E-state index in [1.165, 1.54) is 7.11 Å². The molecule has 7 nitrogen and oxygen atoms in total. The number of benzene rings is 1. The summed E-state index contributed by atoms with van der Waals surface area (Å²) in [6.45, 7) is 0.979. The average molecular weight is 376 g/mol. The number of aromatic nitrogens is 2. The van der Waals surface area contributed by atoms with Gasteiger partial charge in [-0.15, -0.1) is 0 Å². The van der Waals surface area contributed by atoms with E-state index < -0.39 is 17.9 Å². The highest BCUT2D eigenvalue weighted by molar-refractivity contribution is 6.34. The Hall–Kier alpha value is -2.80. The monoisotopic (exact) mass is 375 g/mol. The van der Waals surface area contributed by atoms with E-state index in [9.17, 15) is 9.59 Å². The maximum atomic E-state index is 12.6. The lowest BCUT2D eigenvalue weighted by Gasteiger charge is -2.16. The Morgan fingerprint density at radius 3 is 3.08 bits per heavy atom. The molecule has 1 amide bonds. The molecule has 1 N–H and O–H groups in total. The molecular weight excluding hydrogens is 358 g/mol. The SMILES string of the molecule is COC(=O)[C@@H]1Cc2cn(cn2)C/C=C/COc2ccc(Cl)c(c2)C(=O)N1. The number of carbonyl (C=O) groups is 2. The molecule has 0 unspecified atom stereocenters. The molecule has 1 aliphatic rings. The zero-order chi connectivity index (χ0) is 18.5. The van der Waals surface area contributed by atoms with Gasteiger partial charge in [-0.2, -0.15) is 0 Å². The number of hydrogen-bond donors (Lipinski definition) is 1. The number of allylic oxidation sites excluding steroid dienone is 1. The Kier molecular flexibility index (Phi) is 5.58. The topological polar surface area (TPSA) is 82.5 Å². The van der Waals surface area contributed by atoms with Gasteiger partial charge in [0.2, 0.25) is 0 Å². The molecule has 2 heterocycles. The standard InChI is InChI=1S/C18H18ClN3O4/c1-25-18(24)16-8-12-10-22(11-20-12)6-2-3-7-26-13-4-5-15(19)14(9-13)17(23)21-16/h2-5,9-11,16H,6-8H2,1H3,(H,21,23)/b3-2+/t16-/m0/s1. The van der Waals surface area contributed by atoms with E-state index >= 15 is 0 Å². The second-order valence-electron chi connectivity index (χ2n) is 5.74. The fourth-order valence-electron chi connectivity index (χ4n) is 2.57. The third-order valence-corrected chi connectivity index (χ3v) is 4.23. The zero-order valence-electron chi connectivity index (χ0n) is 14.1. The minimum atomic E-state index is -0.878. The van der Waals surface area contributed by atoms with Crippen LogP contribution in [0.2, 0.25) is 5.02 Å². The first-order valence-electron chi connectivity index (χ1n) is 8.03. The first kappa shape index (κ1) is 18.0. The van der Waals surface area contributed by atoms with Crippen molar-refractivity contribution in [3.8, 4) is 5.75 Å². The highest BCUT2D eigenvalue weighted by atomic mass is 35.5. The summed E-state index contributed by atoms with van der Waals surface area (Å²) in [6.07, 6.45) is 7.53. The van der Waals surface area contributed by atoms with Crippen LogP contribution >= 0.6 is 11.6 Å². The normalized spacial score (nSPS) is 18.7. The first-order valence-corrected chi connectivity index (χ1v) is 8.41. The molecule has 1 aliphatic heterocycles. The number of hydrogen-bond acceptors (Lipinski definition) is 5. The molecule has 136 valence electrons. The molecule has 2 aromatic rings. The van der Waals surface area contributed by atoms with Crippen LogP contribution in [0, 0.1) is 0 Å². The lowest BCUT2D eigenvalue weighted by molar-refractivity contribution is -0.142. The van der Waals surface area contributed by atoms with Crippen molar-refractivity contribution in [2.75, 3.05) is 13.7 Å². The van der Waals surface area contributed by atoms with Gasteiger partial charge in [0, 0.05) is 19.2 Å². The van der Waals surface area contributed by atoms with Crippen molar-refractivity contribution < 1.29 is 19.1 Å². The summed E-state index contributed by atoms with van der Waals surface area (Å²) in [6, 6.07) is 3.94. The van der Waals surface area contributed by atoms with Crippen LogP contribution in [0.25, 0.3) is 0 Å². The van der Waals surface area contributed by atoms with E-state index in [0.29, 0.717) is 24.6 Å². The van der Waals surface area contributed by atoms with Crippen molar-refractivity contribution in [2.24, 2.45) is 0 Å². The molecule has 1 atom stereocenters. The Morgan fingerprint density at radius 2 is 2.27 bits per heavy atom. The summed E-state index contributed by atoms with van der Waals surface area (Å²) in [5.74, 6) is -0.528. The number of methoxy groups -OCH3 is 1. The third-order valence-electron chi connectivity index (χ3n) is 3.90. The van der Waals surface area contributed by atoms with Gasteiger partial charge >= 0.3 is 5.97 Å². The predicted molar refractivity (Wildman–Crippen MR) is 95.3 cm³/mol. The third kappa shape index (κ3) is 4.23. The van der Waals surface area contributed by atoms with E-state index in [0.717, 1.165) is 0 Å². The molecule has 0 fully saturated rings. The molecule has 26 heavy (non-hydrogen) atoms. The number of rotatable bonds is 1. The highest BCUT2D eigenvalue weighted by Gasteiger charge is 2.25. The number of amides is 1. The largest absolute Gasteiger partial charge is 0.490 e. The number of carbonyl (C=O) groups excluding carboxylic acids is 2. The number of halogens is 1. The zero-order valence-corrected chi connectivity index (χ0v) is 14.9. The second kappa shape index (κ2) is 8.05. The molecule has 0 aliphatic carbocycles. The molecule has 3 rings (SSSR count). The van der Waals surface area contributed by atoms with Crippen LogP contribution in [-0.2, 0) is 22.5 Å². The lowest BCUT2D eigenvalue weighted by atomic mass is 10.1. The Labute approximate surface area is 155 Å². The summed E-state index contributed by atoms with van der Waals surface area (Å²) < 4.78 is 12.3. The molecule has 1 aromatic carbocycles. The quantitative estimate of drug-likeness (QED) is 0.609. The summed E-state index contributed by atoms with van der Waals surface area (Å²) in [4.78, 5) is 29.0. The molecule has 0 saturated heterocycles. The van der Waals surface area contributed by atoms with Crippen LogP contribution in [0.1, 0.15) is 16.1 Å². The van der Waals surface area contributed by atoms with E-state index in [1.807, 2.05) is 22.9 Å². The minimum Gasteiger partial charge on any atom is -0.490 e. The molecular formula is C18H18ClN3O4. The number of nitrogens with one attached hydrogen (secondary N) is 1. The van der Waals surface area contributed by atoms with E-state index in [2.05, 4.69) is 10.3 Å². The molecule has 4 bridgehead atoms. The Morgan fingerprint density at radius 1 is 1.42 bits per heavy atom. The van der Waals surface area contributed by atoms with Crippen molar-refractivity contribution in [3.63, 3.8) is 0 Å². The average Bonchev–Trinajstić information content (AvgIpc) is 3.08. The summed E-state index contributed by atoms with van der Waals surface area (Å²) >= 11 is 6.14. The van der Waals surface area contributed by atoms with E-state index in [-0.39, 0.29) is 17.0 Å². The fourth-order valence-corrected chi connectivity index (χ4v) is 2.77. The smallest absolute Gasteiger partial charge is 0.328 e. The maximum absolute atomic E-state index is 12.6. The van der Waals surface area contributed by atoms with Crippen LogP contribution in [0.3, 0.4) is 0 Å². The maximum Gasteiger partial charge on any atom is 0.328 e. The van der Waals surface area contributed by atoms with Crippen LogP contribution in [0.4, 0.5) is 0 Å². The summed E-state index contributed by atoms with van der Waals surface area (Å²) in [5.41, 5.74) is 0.891. The predicted octanol–water partition coefficient (Wildman–Crippen LogP) is 2.00. The molecule has 8 heteroatoms. The van der Waals surface area contributed by atoms with Gasteiger partial charge in [-0.3, -0.25) is 4.79 Å². The van der Waals surface area contributed by atoms with Crippen molar-refractivity contribution in [2.45, 2.75) is 19.0 Å². The summed E-state index contributed by atoms with van der Waals surface area (Å²) in [5, 5.41) is 2.93. The van der Waals surface area contributed by atoms with Gasteiger partial charge in [0.25, 0.3) is 5.91 Å². The fraction of sp³-hybridized carbons (Fsp3) is 0.278. The lowest BCUT2D eigenvalue weighted by Crippen LogP contribution is -2.43. The van der Waals surface area contributed by atoms with Gasteiger partial charge in [-0.25, -0.2) is 9.78 Å². The number of esters is 1. The number of fused-ring (bicyclic) bond motifs is 4. The van der Waals surface area contributed by atoms with E-state index in [1.54, 1.807) is 24.5 Å². The van der Waals surface area contributed by atoms with E-state index in [4.69, 9.17) is 21.1 Å². The van der Waals surface area contributed by atoms with Crippen molar-refractivity contribution in [3.05, 3.63) is 59.2 Å². The Balaban J connectivity index is 1.95. The van der Waals surface area contributed by atoms with Crippen LogP contribution in [0.15, 0.2) is 42.9 Å². The van der Waals surface area contributed by atoms with Gasteiger partial charge in [-0.1, -0.05) is 17.7 Å². The van der Waals surface area contributed by atoms with Gasteiger partial charge in [0.1, 0.15) is 18.4 Å². The van der Waals surface area contributed by atoms with Crippen LogP contribution in [0.5, 0.6) is 5.75 Å². The van der Waals surface area contributed by atoms with Crippen molar-refractivity contribution >= 4 is 23.5 Å². The van der Waals surface area contributed by atoms with Gasteiger partial charge in [0.05, 0.1) is 29.7 Å². The molecule has 0 radical (unpaired) electrons. The molecule has 0 saturated carbocycles. The molecule has 1 aromatic heterocycles. The number of imidazole rings is 1. The van der Waals surface area contributed by atoms with Gasteiger partial charge in [-0.05, 0) is 24.3 Å². The Bertz CT molecular complexity index is 847. The number of nitrogens with zero attached hydrogens (tertiary/aromatic N) is 2. The summed E-state index contributed by atoms with van der Waals surface area (Å²) in [7, 11) is 1.27. The van der Waals surface area contributed by atoms with Gasteiger partial charge in [0.15, 0.2) is 0 Å². The highest BCUT2D eigenvalue weighted by Crippen LogP contribution is 2.22. The minimum absolute atomic E-state index is 0.211. The van der Waals surface area contributed by atoms with Crippen LogP contribution in [-0.4, -0.2) is 41.2 Å². The number of ether oxygens (including phenoxy) is 2. The van der Waals surface area contributed by atoms with Crippen molar-refractivity contribution in [1.29, 1.82) is 0 Å². The van der Waals surface area contributed by atoms with Crippen molar-refractivity contribution in [1.82, 2.24) is 14.9 Å². The first-order chi connectivity index (χ1) is 12.6. The second-order valence-corrected chi connectivity index (χ2v) is 6.15. The van der Waals surface area contributed by atoms with Crippen LogP contribution < -0.4 is 10.1 Å². The van der Waals surface area contributed by atoms with Gasteiger partial charge < -0.3 is 19.4 Å².